The summed E-state index contributed by atoms with van der Waals surface area (Å²) in [6.07, 6.45) is 3.37. The van der Waals surface area contributed by atoms with Crippen LogP contribution in [-0.2, 0) is 9.47 Å². The predicted molar refractivity (Wildman–Crippen MR) is 67.3 cm³/mol. The van der Waals surface area contributed by atoms with Crippen molar-refractivity contribution in [1.29, 1.82) is 0 Å². The van der Waals surface area contributed by atoms with Gasteiger partial charge < -0.3 is 9.47 Å². The molecule has 16 heavy (non-hydrogen) atoms. The zero-order chi connectivity index (χ0) is 12.3. The van der Waals surface area contributed by atoms with E-state index in [0.717, 1.165) is 6.42 Å². The van der Waals surface area contributed by atoms with Crippen LogP contribution < -0.4 is 0 Å². The highest BCUT2D eigenvalue weighted by Crippen LogP contribution is 2.31. The molecule has 1 aliphatic heterocycles. The topological polar surface area (TPSA) is 18.5 Å². The van der Waals surface area contributed by atoms with Gasteiger partial charge >= 0.3 is 0 Å². The molecular formula is C14H24O2. The van der Waals surface area contributed by atoms with Crippen molar-refractivity contribution < 1.29 is 9.47 Å². The maximum absolute atomic E-state index is 5.89. The predicted octanol–water partition coefficient (Wildman–Crippen LogP) is 3.69. The first kappa shape index (κ1) is 13.5. The molecule has 2 nitrogen and oxygen atoms in total. The lowest BCUT2D eigenvalue weighted by atomic mass is 9.91. The summed E-state index contributed by atoms with van der Waals surface area (Å²) in [4.78, 5) is 0. The third-order valence-electron chi connectivity index (χ3n) is 2.89. The van der Waals surface area contributed by atoms with E-state index in [9.17, 15) is 0 Å². The number of hydrogen-bond donors (Lipinski definition) is 0. The van der Waals surface area contributed by atoms with E-state index < -0.39 is 5.79 Å². The van der Waals surface area contributed by atoms with E-state index in [4.69, 9.17) is 9.47 Å². The Morgan fingerprint density at radius 2 is 2.06 bits per heavy atom. The van der Waals surface area contributed by atoms with Gasteiger partial charge in [0.05, 0.1) is 12.7 Å². The highest BCUT2D eigenvalue weighted by Gasteiger charge is 2.37. The largest absolute Gasteiger partial charge is 0.348 e. The van der Waals surface area contributed by atoms with Gasteiger partial charge in [-0.1, -0.05) is 23.8 Å². The molecule has 1 saturated heterocycles. The Morgan fingerprint density at radius 1 is 1.44 bits per heavy atom. The summed E-state index contributed by atoms with van der Waals surface area (Å²) in [7, 11) is 0. The molecule has 0 aromatic heterocycles. The summed E-state index contributed by atoms with van der Waals surface area (Å²) < 4.78 is 11.5. The smallest absolute Gasteiger partial charge is 0.163 e. The van der Waals surface area contributed by atoms with Gasteiger partial charge in [0, 0.05) is 5.92 Å². The first-order valence-electron chi connectivity index (χ1n) is 5.92. The average molecular weight is 224 g/mol. The third kappa shape index (κ3) is 3.76. The van der Waals surface area contributed by atoms with Gasteiger partial charge in [-0.2, -0.15) is 0 Å². The van der Waals surface area contributed by atoms with Gasteiger partial charge in [0.15, 0.2) is 5.79 Å². The van der Waals surface area contributed by atoms with Gasteiger partial charge in [-0.25, -0.2) is 0 Å². The van der Waals surface area contributed by atoms with Crippen LogP contribution in [0.3, 0.4) is 0 Å². The quantitative estimate of drug-likeness (QED) is 0.678. The van der Waals surface area contributed by atoms with Crippen LogP contribution in [0.2, 0.25) is 0 Å². The lowest BCUT2D eigenvalue weighted by Crippen LogP contribution is -2.27. The fourth-order valence-electron chi connectivity index (χ4n) is 1.95. The van der Waals surface area contributed by atoms with E-state index >= 15 is 0 Å². The van der Waals surface area contributed by atoms with Crippen molar-refractivity contribution in [3.05, 3.63) is 23.8 Å². The maximum Gasteiger partial charge on any atom is 0.163 e. The molecule has 1 fully saturated rings. The highest BCUT2D eigenvalue weighted by molar-refractivity contribution is 5.06. The van der Waals surface area contributed by atoms with Gasteiger partial charge in [0.2, 0.25) is 0 Å². The fraction of sp³-hybridized carbons (Fsp3) is 0.714. The van der Waals surface area contributed by atoms with Crippen molar-refractivity contribution in [1.82, 2.24) is 0 Å². The second-order valence-corrected chi connectivity index (χ2v) is 5.34. The van der Waals surface area contributed by atoms with Crippen LogP contribution in [0.1, 0.15) is 41.0 Å². The van der Waals surface area contributed by atoms with E-state index in [1.54, 1.807) is 0 Å². The maximum atomic E-state index is 5.89. The number of hydrogen-bond acceptors (Lipinski definition) is 2. The zero-order valence-corrected chi connectivity index (χ0v) is 11.2. The molecule has 0 unspecified atom stereocenters. The van der Waals surface area contributed by atoms with Crippen LogP contribution in [-0.4, -0.2) is 18.5 Å². The zero-order valence-electron chi connectivity index (χ0n) is 11.2. The second kappa shape index (κ2) is 5.15. The van der Waals surface area contributed by atoms with Crippen LogP contribution in [0.4, 0.5) is 0 Å². The molecule has 0 N–H and O–H groups in total. The number of ether oxygens (including phenoxy) is 2. The van der Waals surface area contributed by atoms with Crippen molar-refractivity contribution in [2.24, 2.45) is 5.92 Å². The Bertz CT molecular complexity index is 285. The Labute approximate surface area is 99.3 Å². The molecule has 1 rings (SSSR count). The minimum atomic E-state index is -0.441. The second-order valence-electron chi connectivity index (χ2n) is 5.34. The Balaban J connectivity index is 2.65. The summed E-state index contributed by atoms with van der Waals surface area (Å²) >= 11 is 0. The SMILES string of the molecule is C=C(C)[C@H](CC=C(C)C)[C@H]1COC(C)(C)O1. The molecule has 0 spiro atoms. The lowest BCUT2D eigenvalue weighted by molar-refractivity contribution is -0.142. The molecule has 0 radical (unpaired) electrons. The van der Waals surface area contributed by atoms with Gasteiger partial charge in [-0.15, -0.1) is 0 Å². The lowest BCUT2D eigenvalue weighted by Gasteiger charge is -2.23. The van der Waals surface area contributed by atoms with Crippen LogP contribution in [0.25, 0.3) is 0 Å². The molecule has 0 aromatic carbocycles. The van der Waals surface area contributed by atoms with Crippen LogP contribution in [0.5, 0.6) is 0 Å². The molecule has 0 saturated carbocycles. The molecule has 2 atom stereocenters. The summed E-state index contributed by atoms with van der Waals surface area (Å²) in [6.45, 7) is 15.0. The minimum absolute atomic E-state index is 0.142. The van der Waals surface area contributed by atoms with E-state index in [1.807, 2.05) is 13.8 Å². The number of allylic oxidation sites excluding steroid dienone is 2. The van der Waals surface area contributed by atoms with Gasteiger partial charge in [-0.05, 0) is 41.0 Å². The van der Waals surface area contributed by atoms with Gasteiger partial charge in [-0.3, -0.25) is 0 Å². The molecule has 0 amide bonds. The average Bonchev–Trinajstić information content (AvgIpc) is 2.45. The molecule has 0 aliphatic carbocycles. The molecule has 0 aromatic rings. The van der Waals surface area contributed by atoms with E-state index in [1.165, 1.54) is 11.1 Å². The highest BCUT2D eigenvalue weighted by atomic mass is 16.7. The summed E-state index contributed by atoms with van der Waals surface area (Å²) in [5.41, 5.74) is 2.51. The first-order valence-corrected chi connectivity index (χ1v) is 5.92. The summed E-state index contributed by atoms with van der Waals surface area (Å²) in [6, 6.07) is 0. The van der Waals surface area contributed by atoms with Crippen LogP contribution in [0, 0.1) is 5.92 Å². The fourth-order valence-corrected chi connectivity index (χ4v) is 1.95. The van der Waals surface area contributed by atoms with E-state index in [2.05, 4.69) is 33.4 Å². The van der Waals surface area contributed by atoms with Crippen molar-refractivity contribution in [2.75, 3.05) is 6.61 Å². The van der Waals surface area contributed by atoms with Crippen LogP contribution in [0.15, 0.2) is 23.8 Å². The Morgan fingerprint density at radius 3 is 2.44 bits per heavy atom. The molecule has 2 heteroatoms. The standard InChI is InChI=1S/C14H24O2/c1-10(2)7-8-12(11(3)4)13-9-15-14(5,6)16-13/h7,12-13H,3,8-9H2,1-2,4-6H3/t12-,13+/m0/s1. The molecular weight excluding hydrogens is 200 g/mol. The monoisotopic (exact) mass is 224 g/mol. The van der Waals surface area contributed by atoms with Crippen molar-refractivity contribution in [2.45, 2.75) is 52.9 Å². The van der Waals surface area contributed by atoms with E-state index in [0.29, 0.717) is 12.5 Å². The molecule has 1 heterocycles. The van der Waals surface area contributed by atoms with Crippen molar-refractivity contribution >= 4 is 0 Å². The van der Waals surface area contributed by atoms with Crippen molar-refractivity contribution in [3.63, 3.8) is 0 Å². The Hall–Kier alpha value is -0.600. The van der Waals surface area contributed by atoms with Gasteiger partial charge in [0.25, 0.3) is 0 Å². The molecule has 0 bridgehead atoms. The Kier molecular flexibility index (Phi) is 4.34. The molecule has 92 valence electrons. The summed E-state index contributed by atoms with van der Waals surface area (Å²) in [5, 5.41) is 0. The van der Waals surface area contributed by atoms with Crippen LogP contribution >= 0.6 is 0 Å². The molecule has 1 aliphatic rings. The van der Waals surface area contributed by atoms with Gasteiger partial charge in [0.1, 0.15) is 0 Å². The summed E-state index contributed by atoms with van der Waals surface area (Å²) in [5.74, 6) is -0.0831. The minimum Gasteiger partial charge on any atom is -0.348 e. The third-order valence-corrected chi connectivity index (χ3v) is 2.89. The van der Waals surface area contributed by atoms with E-state index in [-0.39, 0.29) is 6.10 Å². The first-order chi connectivity index (χ1) is 7.32. The van der Waals surface area contributed by atoms with Crippen molar-refractivity contribution in [3.8, 4) is 0 Å². The normalized spacial score (nSPS) is 25.2. The number of rotatable bonds is 4.